The number of pyridine rings is 1. The minimum Gasteiger partial charge on any atom is -0.619 e. The van der Waals surface area contributed by atoms with Gasteiger partial charge in [0.2, 0.25) is 0 Å². The minimum absolute atomic E-state index is 0.0550. The Morgan fingerprint density at radius 3 is 2.19 bits per heavy atom. The molecule has 4 aromatic rings. The van der Waals surface area contributed by atoms with Crippen LogP contribution in [-0.4, -0.2) is 10.9 Å². The largest absolute Gasteiger partial charge is 0.619 e. The van der Waals surface area contributed by atoms with Crippen LogP contribution in [0.1, 0.15) is 36.7 Å². The maximum absolute atomic E-state index is 12.6. The first-order chi connectivity index (χ1) is 14.8. The van der Waals surface area contributed by atoms with Gasteiger partial charge in [0.05, 0.1) is 10.6 Å². The quantitative estimate of drug-likeness (QED) is 0.336. The van der Waals surface area contributed by atoms with Gasteiger partial charge >= 0.3 is 0 Å². The van der Waals surface area contributed by atoms with Crippen molar-refractivity contribution in [3.8, 4) is 21.7 Å². The summed E-state index contributed by atoms with van der Waals surface area (Å²) in [6.07, 6.45) is 2.92. The molecule has 0 spiro atoms. The van der Waals surface area contributed by atoms with Crippen molar-refractivity contribution in [3.63, 3.8) is 0 Å². The Bertz CT molecular complexity index is 1190. The molecule has 0 aliphatic rings. The Kier molecular flexibility index (Phi) is 5.57. The normalized spacial score (nSPS) is 11.3. The predicted molar refractivity (Wildman–Crippen MR) is 125 cm³/mol. The van der Waals surface area contributed by atoms with Gasteiger partial charge in [-0.05, 0) is 23.1 Å². The van der Waals surface area contributed by atoms with Gasteiger partial charge in [-0.1, -0.05) is 74.6 Å². The molecule has 0 saturated heterocycles. The van der Waals surface area contributed by atoms with Gasteiger partial charge in [-0.15, -0.1) is 0 Å². The average molecular weight is 430 g/mol. The minimum atomic E-state index is -0.207. The van der Waals surface area contributed by atoms with Crippen molar-refractivity contribution in [1.29, 1.82) is 0 Å². The van der Waals surface area contributed by atoms with Crippen LogP contribution in [0.15, 0.2) is 79.1 Å². The van der Waals surface area contributed by atoms with E-state index in [4.69, 9.17) is 4.98 Å². The van der Waals surface area contributed by atoms with Crippen LogP contribution >= 0.6 is 11.3 Å². The van der Waals surface area contributed by atoms with Crippen LogP contribution in [0.4, 0.5) is 5.13 Å². The van der Waals surface area contributed by atoms with Gasteiger partial charge in [-0.25, -0.2) is 4.98 Å². The second-order valence-electron chi connectivity index (χ2n) is 8.29. The van der Waals surface area contributed by atoms with Crippen molar-refractivity contribution in [1.82, 2.24) is 4.98 Å². The fraction of sp³-hybridized carbons (Fsp3) is 0.160. The second kappa shape index (κ2) is 8.32. The summed E-state index contributed by atoms with van der Waals surface area (Å²) in [7, 11) is 0. The number of aromatic nitrogens is 2. The Morgan fingerprint density at radius 1 is 0.935 bits per heavy atom. The van der Waals surface area contributed by atoms with E-state index in [1.54, 1.807) is 24.3 Å². The number of benzene rings is 2. The van der Waals surface area contributed by atoms with Crippen molar-refractivity contribution in [2.75, 3.05) is 5.32 Å². The molecular formula is C25H23N3O2S. The van der Waals surface area contributed by atoms with E-state index in [0.29, 0.717) is 10.7 Å². The Labute approximate surface area is 185 Å². The van der Waals surface area contributed by atoms with Crippen LogP contribution in [0.25, 0.3) is 21.7 Å². The van der Waals surface area contributed by atoms with Gasteiger partial charge in [0.1, 0.15) is 0 Å². The van der Waals surface area contributed by atoms with E-state index in [9.17, 15) is 10.0 Å². The number of thiazole rings is 1. The highest BCUT2D eigenvalue weighted by molar-refractivity contribution is 7.19. The van der Waals surface area contributed by atoms with Crippen LogP contribution < -0.4 is 10.0 Å². The van der Waals surface area contributed by atoms with E-state index in [0.717, 1.165) is 26.4 Å². The summed E-state index contributed by atoms with van der Waals surface area (Å²) in [5.74, 6) is -0.207. The molecule has 6 heteroatoms. The topological polar surface area (TPSA) is 68.9 Å². The molecule has 1 amide bonds. The monoisotopic (exact) mass is 429 g/mol. The zero-order valence-corrected chi connectivity index (χ0v) is 18.4. The van der Waals surface area contributed by atoms with Gasteiger partial charge in [0.25, 0.3) is 5.91 Å². The van der Waals surface area contributed by atoms with E-state index in [2.05, 4.69) is 50.4 Å². The van der Waals surface area contributed by atoms with Gasteiger partial charge in [-0.3, -0.25) is 10.1 Å². The van der Waals surface area contributed by atoms with Gasteiger partial charge in [0.15, 0.2) is 17.5 Å². The number of nitrogens with zero attached hydrogens (tertiary/aromatic N) is 2. The molecule has 0 radical (unpaired) electrons. The van der Waals surface area contributed by atoms with Gasteiger partial charge in [-0.2, -0.15) is 4.73 Å². The molecule has 0 saturated carbocycles. The molecule has 0 aliphatic carbocycles. The lowest BCUT2D eigenvalue weighted by Gasteiger charge is -2.19. The lowest BCUT2D eigenvalue weighted by molar-refractivity contribution is -0.605. The molecule has 2 heterocycles. The smallest absolute Gasteiger partial charge is 0.257 e. The summed E-state index contributed by atoms with van der Waals surface area (Å²) in [5, 5.41) is 14.9. The number of rotatable bonds is 4. The van der Waals surface area contributed by atoms with Crippen LogP contribution in [0.2, 0.25) is 0 Å². The van der Waals surface area contributed by atoms with Crippen molar-refractivity contribution in [2.45, 2.75) is 26.2 Å². The summed E-state index contributed by atoms with van der Waals surface area (Å²) in [5.41, 5.74) is 4.47. The van der Waals surface area contributed by atoms with E-state index >= 15 is 0 Å². The van der Waals surface area contributed by atoms with Crippen LogP contribution in [0.3, 0.4) is 0 Å². The molecule has 4 rings (SSSR count). The molecule has 2 aromatic carbocycles. The van der Waals surface area contributed by atoms with Crippen molar-refractivity contribution in [2.24, 2.45) is 0 Å². The van der Waals surface area contributed by atoms with Crippen LogP contribution in [-0.2, 0) is 5.41 Å². The maximum atomic E-state index is 12.6. The first kappa shape index (κ1) is 20.8. The Morgan fingerprint density at radius 2 is 1.58 bits per heavy atom. The first-order valence-corrected chi connectivity index (χ1v) is 10.8. The van der Waals surface area contributed by atoms with E-state index in [1.807, 2.05) is 18.2 Å². The zero-order valence-electron chi connectivity index (χ0n) is 17.6. The first-order valence-electron chi connectivity index (χ1n) is 9.98. The number of nitrogens with one attached hydrogen (secondary N) is 1. The highest BCUT2D eigenvalue weighted by atomic mass is 32.1. The fourth-order valence-electron chi connectivity index (χ4n) is 3.22. The molecule has 2 aromatic heterocycles. The molecule has 31 heavy (non-hydrogen) atoms. The van der Waals surface area contributed by atoms with Crippen LogP contribution in [0.5, 0.6) is 0 Å². The maximum Gasteiger partial charge on any atom is 0.257 e. The molecule has 5 nitrogen and oxygen atoms in total. The third-order valence-corrected chi connectivity index (χ3v) is 5.99. The number of hydrogen-bond acceptors (Lipinski definition) is 4. The molecule has 0 bridgehead atoms. The summed E-state index contributed by atoms with van der Waals surface area (Å²) in [4.78, 5) is 18.3. The van der Waals surface area contributed by atoms with Gasteiger partial charge < -0.3 is 5.21 Å². The molecule has 1 N–H and O–H groups in total. The standard InChI is InChI=1S/C25H23N3O2S/c1-25(2,3)20-11-9-17(10-12-20)21-22(18-13-15-28(30)16-14-18)31-24(26-21)27-23(29)19-7-5-4-6-8-19/h4-16H,1-3H3,(H,26,27,29). The molecule has 0 fully saturated rings. The third-order valence-electron chi connectivity index (χ3n) is 4.97. The number of anilines is 1. The molecule has 0 atom stereocenters. The highest BCUT2D eigenvalue weighted by Gasteiger charge is 2.19. The summed E-state index contributed by atoms with van der Waals surface area (Å²) in [6.45, 7) is 6.53. The Balaban J connectivity index is 1.74. The average Bonchev–Trinajstić information content (AvgIpc) is 3.18. The molecular weight excluding hydrogens is 406 g/mol. The summed E-state index contributed by atoms with van der Waals surface area (Å²) < 4.78 is 0.750. The number of hydrogen-bond donors (Lipinski definition) is 1. The molecule has 156 valence electrons. The molecule has 0 aliphatic heterocycles. The van der Waals surface area contributed by atoms with Crippen LogP contribution in [0, 0.1) is 5.21 Å². The predicted octanol–water partition coefficient (Wildman–Crippen LogP) is 5.66. The van der Waals surface area contributed by atoms with E-state index in [1.165, 1.54) is 29.3 Å². The van der Waals surface area contributed by atoms with E-state index < -0.39 is 0 Å². The Hall–Kier alpha value is -3.51. The number of carbonyl (C=O) groups is 1. The van der Waals surface area contributed by atoms with Crippen molar-refractivity contribution < 1.29 is 9.52 Å². The zero-order chi connectivity index (χ0) is 22.0. The number of amides is 1. The van der Waals surface area contributed by atoms with Crippen molar-refractivity contribution >= 4 is 22.4 Å². The summed E-state index contributed by atoms with van der Waals surface area (Å²) >= 11 is 1.39. The fourth-order valence-corrected chi connectivity index (χ4v) is 4.20. The highest BCUT2D eigenvalue weighted by Crippen LogP contribution is 2.39. The third kappa shape index (κ3) is 4.64. The SMILES string of the molecule is CC(C)(C)c1ccc(-c2nc(NC(=O)c3ccccc3)sc2-c2cc[n+]([O-])cc2)cc1. The number of carbonyl (C=O) groups excluding carboxylic acids is 1. The van der Waals surface area contributed by atoms with Crippen molar-refractivity contribution in [3.05, 3.63) is 95.5 Å². The summed E-state index contributed by atoms with van der Waals surface area (Å²) in [6, 6.07) is 20.9. The second-order valence-corrected chi connectivity index (χ2v) is 9.29. The van der Waals surface area contributed by atoms with Gasteiger partial charge in [0, 0.05) is 28.8 Å². The van der Waals surface area contributed by atoms with E-state index in [-0.39, 0.29) is 11.3 Å². The lowest BCUT2D eigenvalue weighted by atomic mass is 9.86. The molecule has 0 unspecified atom stereocenters. The lowest BCUT2D eigenvalue weighted by Crippen LogP contribution is -2.23.